The van der Waals surface area contributed by atoms with Gasteiger partial charge in [-0.25, -0.2) is 0 Å². The molecule has 1 aromatic carbocycles. The molecule has 0 spiro atoms. The molecule has 0 bridgehead atoms. The van der Waals surface area contributed by atoms with Gasteiger partial charge in [0.25, 0.3) is 0 Å². The van der Waals surface area contributed by atoms with Crippen LogP contribution in [-0.2, 0) is 4.79 Å². The minimum absolute atomic E-state index is 0.0188. The number of hydrogen-bond acceptors (Lipinski definition) is 3. The van der Waals surface area contributed by atoms with Crippen LogP contribution in [0.3, 0.4) is 0 Å². The van der Waals surface area contributed by atoms with E-state index in [1.165, 1.54) is 0 Å². The van der Waals surface area contributed by atoms with Gasteiger partial charge in [-0.3, -0.25) is 9.78 Å². The van der Waals surface area contributed by atoms with Crippen molar-refractivity contribution in [3.8, 4) is 0 Å². The third kappa shape index (κ3) is 4.33. The van der Waals surface area contributed by atoms with Crippen molar-refractivity contribution in [2.24, 2.45) is 5.92 Å². The van der Waals surface area contributed by atoms with E-state index in [1.54, 1.807) is 6.20 Å². The van der Waals surface area contributed by atoms with Crippen LogP contribution in [0.2, 0.25) is 5.02 Å². The maximum atomic E-state index is 11.8. The Morgan fingerprint density at radius 2 is 2.14 bits per heavy atom. The average molecular weight is 306 g/mol. The van der Waals surface area contributed by atoms with Gasteiger partial charge in [0.15, 0.2) is 0 Å². The molecule has 2 N–H and O–H groups in total. The molecule has 0 fully saturated rings. The Balaban J connectivity index is 1.98. The zero-order chi connectivity index (χ0) is 15.2. The lowest BCUT2D eigenvalue weighted by molar-refractivity contribution is -0.119. The molecule has 2 aromatic rings. The molecule has 21 heavy (non-hydrogen) atoms. The van der Waals surface area contributed by atoms with E-state index in [9.17, 15) is 4.79 Å². The first kappa shape index (κ1) is 15.6. The summed E-state index contributed by atoms with van der Waals surface area (Å²) in [5.74, 6) is 0.567. The number of halogens is 1. The van der Waals surface area contributed by atoms with Crippen molar-refractivity contribution >= 4 is 34.1 Å². The van der Waals surface area contributed by atoms with Crippen LogP contribution in [0.4, 0.5) is 5.69 Å². The van der Waals surface area contributed by atoms with Crippen LogP contribution in [-0.4, -0.2) is 24.0 Å². The molecule has 0 aliphatic heterocycles. The Bertz CT molecular complexity index is 628. The van der Waals surface area contributed by atoms with Crippen molar-refractivity contribution in [3.05, 3.63) is 35.5 Å². The summed E-state index contributed by atoms with van der Waals surface area (Å²) < 4.78 is 0. The molecule has 1 amide bonds. The quantitative estimate of drug-likeness (QED) is 0.859. The number of rotatable bonds is 6. The van der Waals surface area contributed by atoms with Crippen LogP contribution in [0.25, 0.3) is 10.9 Å². The molecule has 5 heteroatoms. The lowest BCUT2D eigenvalue weighted by Gasteiger charge is -2.11. The number of fused-ring (bicyclic) bond motifs is 1. The lowest BCUT2D eigenvalue weighted by atomic mass is 10.1. The van der Waals surface area contributed by atoms with E-state index in [4.69, 9.17) is 11.6 Å². The molecule has 2 rings (SSSR count). The van der Waals surface area contributed by atoms with Crippen LogP contribution in [0, 0.1) is 5.92 Å². The molecule has 0 radical (unpaired) electrons. The van der Waals surface area contributed by atoms with E-state index in [0.29, 0.717) is 17.5 Å². The molecular weight excluding hydrogens is 286 g/mol. The van der Waals surface area contributed by atoms with Gasteiger partial charge in [-0.1, -0.05) is 25.4 Å². The first-order valence-corrected chi connectivity index (χ1v) is 7.49. The smallest absolute Gasteiger partial charge is 0.239 e. The Morgan fingerprint density at radius 1 is 1.33 bits per heavy atom. The van der Waals surface area contributed by atoms with E-state index < -0.39 is 0 Å². The van der Waals surface area contributed by atoms with Gasteiger partial charge in [0.1, 0.15) is 0 Å². The normalized spacial score (nSPS) is 10.9. The molecule has 0 saturated carbocycles. The fraction of sp³-hybridized carbons (Fsp3) is 0.375. The Kier molecular flexibility index (Phi) is 5.39. The minimum atomic E-state index is -0.0188. The zero-order valence-corrected chi connectivity index (χ0v) is 13.1. The van der Waals surface area contributed by atoms with Gasteiger partial charge in [-0.15, -0.1) is 0 Å². The summed E-state index contributed by atoms with van der Waals surface area (Å²) in [5.41, 5.74) is 1.59. The maximum absolute atomic E-state index is 11.8. The second-order valence-corrected chi connectivity index (χ2v) is 5.79. The fourth-order valence-electron chi connectivity index (χ4n) is 2.02. The third-order valence-electron chi connectivity index (χ3n) is 3.20. The number of hydrogen-bond donors (Lipinski definition) is 2. The molecular formula is C16H20ClN3O. The van der Waals surface area contributed by atoms with E-state index in [1.807, 2.05) is 24.3 Å². The highest BCUT2D eigenvalue weighted by Crippen LogP contribution is 2.27. The van der Waals surface area contributed by atoms with Gasteiger partial charge in [0, 0.05) is 18.1 Å². The van der Waals surface area contributed by atoms with Crippen LogP contribution >= 0.6 is 11.6 Å². The number of aromatic nitrogens is 1. The van der Waals surface area contributed by atoms with Crippen molar-refractivity contribution in [3.63, 3.8) is 0 Å². The third-order valence-corrected chi connectivity index (χ3v) is 3.53. The molecule has 0 aliphatic rings. The molecule has 0 unspecified atom stereocenters. The van der Waals surface area contributed by atoms with Gasteiger partial charge in [0.05, 0.1) is 22.8 Å². The van der Waals surface area contributed by atoms with E-state index >= 15 is 0 Å². The van der Waals surface area contributed by atoms with Crippen LogP contribution < -0.4 is 10.6 Å². The predicted octanol–water partition coefficient (Wildman–Crippen LogP) is 3.46. The summed E-state index contributed by atoms with van der Waals surface area (Å²) in [6.07, 6.45) is 2.70. The number of carbonyl (C=O) groups excluding carboxylic acids is 1. The Morgan fingerprint density at radius 3 is 2.90 bits per heavy atom. The number of nitrogens with zero attached hydrogens (tertiary/aromatic N) is 1. The van der Waals surface area contributed by atoms with Gasteiger partial charge in [-0.05, 0) is 36.6 Å². The number of benzene rings is 1. The molecule has 112 valence electrons. The van der Waals surface area contributed by atoms with Gasteiger partial charge >= 0.3 is 0 Å². The second kappa shape index (κ2) is 7.27. The van der Waals surface area contributed by atoms with Crippen molar-refractivity contribution in [2.75, 3.05) is 18.4 Å². The monoisotopic (exact) mass is 305 g/mol. The highest BCUT2D eigenvalue weighted by Gasteiger charge is 2.07. The van der Waals surface area contributed by atoms with Crippen molar-refractivity contribution in [2.45, 2.75) is 20.3 Å². The summed E-state index contributed by atoms with van der Waals surface area (Å²) in [6, 6.07) is 7.42. The number of anilines is 1. The van der Waals surface area contributed by atoms with Crippen LogP contribution in [0.5, 0.6) is 0 Å². The van der Waals surface area contributed by atoms with Crippen molar-refractivity contribution in [1.82, 2.24) is 10.3 Å². The molecule has 4 nitrogen and oxygen atoms in total. The van der Waals surface area contributed by atoms with Gasteiger partial charge in [-0.2, -0.15) is 0 Å². The topological polar surface area (TPSA) is 54.0 Å². The highest BCUT2D eigenvalue weighted by molar-refractivity contribution is 6.35. The minimum Gasteiger partial charge on any atom is -0.374 e. The van der Waals surface area contributed by atoms with Crippen LogP contribution in [0.15, 0.2) is 30.5 Å². The standard InChI is InChI=1S/C16H20ClN3O/c1-11(2)7-9-18-15(21)10-20-14-6-5-13(17)12-4-3-8-19-16(12)14/h3-6,8,11,20H,7,9-10H2,1-2H3,(H,18,21). The van der Waals surface area contributed by atoms with Crippen molar-refractivity contribution in [1.29, 1.82) is 0 Å². The zero-order valence-electron chi connectivity index (χ0n) is 12.3. The highest BCUT2D eigenvalue weighted by atomic mass is 35.5. The largest absolute Gasteiger partial charge is 0.374 e. The predicted molar refractivity (Wildman–Crippen MR) is 87.7 cm³/mol. The summed E-state index contributed by atoms with van der Waals surface area (Å²) in [7, 11) is 0. The number of pyridine rings is 1. The number of nitrogens with one attached hydrogen (secondary N) is 2. The average Bonchev–Trinajstić information content (AvgIpc) is 2.46. The van der Waals surface area contributed by atoms with Gasteiger partial charge in [0.2, 0.25) is 5.91 Å². The molecule has 1 heterocycles. The molecule has 0 aliphatic carbocycles. The lowest BCUT2D eigenvalue weighted by Crippen LogP contribution is -2.31. The van der Waals surface area contributed by atoms with E-state index in [-0.39, 0.29) is 12.5 Å². The molecule has 0 saturated heterocycles. The Hall–Kier alpha value is -1.81. The SMILES string of the molecule is CC(C)CCNC(=O)CNc1ccc(Cl)c2cccnc12. The molecule has 0 atom stereocenters. The number of amides is 1. The first-order chi connectivity index (χ1) is 10.1. The van der Waals surface area contributed by atoms with Crippen LogP contribution in [0.1, 0.15) is 20.3 Å². The summed E-state index contributed by atoms with van der Waals surface area (Å²) >= 11 is 6.14. The maximum Gasteiger partial charge on any atom is 0.239 e. The Labute approximate surface area is 129 Å². The number of carbonyl (C=O) groups is 1. The fourth-order valence-corrected chi connectivity index (χ4v) is 2.23. The first-order valence-electron chi connectivity index (χ1n) is 7.11. The second-order valence-electron chi connectivity index (χ2n) is 5.38. The molecule has 1 aromatic heterocycles. The van der Waals surface area contributed by atoms with Gasteiger partial charge < -0.3 is 10.6 Å². The van der Waals surface area contributed by atoms with E-state index in [0.717, 1.165) is 23.0 Å². The van der Waals surface area contributed by atoms with E-state index in [2.05, 4.69) is 29.5 Å². The summed E-state index contributed by atoms with van der Waals surface area (Å²) in [5, 5.41) is 7.55. The van der Waals surface area contributed by atoms with Crippen molar-refractivity contribution < 1.29 is 4.79 Å². The summed E-state index contributed by atoms with van der Waals surface area (Å²) in [4.78, 5) is 16.1. The summed E-state index contributed by atoms with van der Waals surface area (Å²) in [6.45, 7) is 5.20.